The topological polar surface area (TPSA) is 37.3 Å². The van der Waals surface area contributed by atoms with Crippen molar-refractivity contribution in [3.05, 3.63) is 20.8 Å². The molecule has 0 spiro atoms. The van der Waals surface area contributed by atoms with Crippen molar-refractivity contribution in [2.45, 2.75) is 26.2 Å². The van der Waals surface area contributed by atoms with Crippen LogP contribution in [-0.4, -0.2) is 11.1 Å². The van der Waals surface area contributed by atoms with Gasteiger partial charge < -0.3 is 5.11 Å². The fourth-order valence-electron chi connectivity index (χ4n) is 1.37. The van der Waals surface area contributed by atoms with Crippen LogP contribution in [0.25, 0.3) is 0 Å². The number of rotatable bonds is 5. The highest BCUT2D eigenvalue weighted by atomic mass is 79.9. The first-order chi connectivity index (χ1) is 6.63. The van der Waals surface area contributed by atoms with Gasteiger partial charge in [-0.25, -0.2) is 0 Å². The molecule has 1 aromatic heterocycles. The third-order valence-electron chi connectivity index (χ3n) is 2.06. The van der Waals surface area contributed by atoms with Crippen molar-refractivity contribution in [1.82, 2.24) is 0 Å². The van der Waals surface area contributed by atoms with Crippen LogP contribution in [0.1, 0.15) is 24.6 Å². The minimum atomic E-state index is -0.684. The van der Waals surface area contributed by atoms with Crippen LogP contribution in [0.4, 0.5) is 0 Å². The first kappa shape index (κ1) is 11.7. The molecule has 14 heavy (non-hydrogen) atoms. The average Bonchev–Trinajstić information content (AvgIpc) is 2.50. The average molecular weight is 277 g/mol. The molecular formula is C10H13BrO2S. The maximum atomic E-state index is 10.9. The van der Waals surface area contributed by atoms with Crippen LogP contribution in [0, 0.1) is 5.92 Å². The van der Waals surface area contributed by atoms with E-state index in [-0.39, 0.29) is 5.92 Å². The molecule has 0 aliphatic heterocycles. The molecule has 0 bridgehead atoms. The Hall–Kier alpha value is -0.350. The van der Waals surface area contributed by atoms with Crippen LogP contribution in [0.2, 0.25) is 0 Å². The molecule has 0 saturated carbocycles. The van der Waals surface area contributed by atoms with E-state index in [9.17, 15) is 4.79 Å². The van der Waals surface area contributed by atoms with Gasteiger partial charge in [-0.3, -0.25) is 4.79 Å². The quantitative estimate of drug-likeness (QED) is 0.893. The Morgan fingerprint density at radius 1 is 1.64 bits per heavy atom. The smallest absolute Gasteiger partial charge is 0.306 e. The van der Waals surface area contributed by atoms with Crippen LogP contribution >= 0.6 is 27.3 Å². The number of thiophene rings is 1. The molecular weight excluding hydrogens is 264 g/mol. The molecule has 1 rings (SSSR count). The predicted octanol–water partition coefficient (Wildman–Crippen LogP) is 3.55. The molecule has 1 aromatic rings. The molecule has 4 heteroatoms. The molecule has 0 aliphatic rings. The Labute approximate surface area is 96.1 Å². The van der Waals surface area contributed by atoms with Crippen molar-refractivity contribution >= 4 is 33.2 Å². The third-order valence-corrected chi connectivity index (χ3v) is 3.71. The maximum Gasteiger partial charge on any atom is 0.306 e. The minimum Gasteiger partial charge on any atom is -0.481 e. The molecule has 0 aromatic carbocycles. The number of carbonyl (C=O) groups is 1. The SMILES string of the molecule is CCCC(Cc1ccc(Br)s1)C(=O)O. The summed E-state index contributed by atoms with van der Waals surface area (Å²) >= 11 is 4.98. The highest BCUT2D eigenvalue weighted by molar-refractivity contribution is 9.11. The van der Waals surface area contributed by atoms with Gasteiger partial charge in [0.05, 0.1) is 9.70 Å². The molecule has 0 amide bonds. The van der Waals surface area contributed by atoms with Crippen molar-refractivity contribution in [3.8, 4) is 0 Å². The first-order valence-corrected chi connectivity index (χ1v) is 6.21. The summed E-state index contributed by atoms with van der Waals surface area (Å²) in [5.74, 6) is -0.915. The van der Waals surface area contributed by atoms with E-state index in [1.165, 1.54) is 0 Å². The Morgan fingerprint density at radius 3 is 2.79 bits per heavy atom. The molecule has 0 aliphatic carbocycles. The zero-order valence-electron chi connectivity index (χ0n) is 8.00. The molecule has 1 heterocycles. The summed E-state index contributed by atoms with van der Waals surface area (Å²) < 4.78 is 1.06. The molecule has 1 unspecified atom stereocenters. The zero-order chi connectivity index (χ0) is 10.6. The Morgan fingerprint density at radius 2 is 2.36 bits per heavy atom. The van der Waals surface area contributed by atoms with Gasteiger partial charge in [-0.15, -0.1) is 11.3 Å². The summed E-state index contributed by atoms with van der Waals surface area (Å²) in [6.07, 6.45) is 2.33. The van der Waals surface area contributed by atoms with Gasteiger partial charge >= 0.3 is 5.97 Å². The third kappa shape index (κ3) is 3.42. The van der Waals surface area contributed by atoms with E-state index in [0.29, 0.717) is 6.42 Å². The van der Waals surface area contributed by atoms with Crippen molar-refractivity contribution in [2.75, 3.05) is 0 Å². The lowest BCUT2D eigenvalue weighted by Gasteiger charge is -2.08. The van der Waals surface area contributed by atoms with Gasteiger partial charge in [-0.2, -0.15) is 0 Å². The molecule has 78 valence electrons. The van der Waals surface area contributed by atoms with E-state index in [1.807, 2.05) is 19.1 Å². The zero-order valence-corrected chi connectivity index (χ0v) is 10.4. The summed E-state index contributed by atoms with van der Waals surface area (Å²) in [5.41, 5.74) is 0. The molecule has 1 atom stereocenters. The van der Waals surface area contributed by atoms with Crippen molar-refractivity contribution < 1.29 is 9.90 Å². The van der Waals surface area contributed by atoms with E-state index in [0.717, 1.165) is 21.5 Å². The van der Waals surface area contributed by atoms with Gasteiger partial charge in [0.1, 0.15) is 0 Å². The summed E-state index contributed by atoms with van der Waals surface area (Å²) in [5, 5.41) is 8.97. The van der Waals surface area contributed by atoms with Crippen LogP contribution in [-0.2, 0) is 11.2 Å². The second kappa shape index (κ2) is 5.51. The molecule has 1 N–H and O–H groups in total. The van der Waals surface area contributed by atoms with Gasteiger partial charge in [-0.05, 0) is 40.9 Å². The van der Waals surface area contributed by atoms with Crippen LogP contribution in [0.5, 0.6) is 0 Å². The lowest BCUT2D eigenvalue weighted by atomic mass is 9.99. The Bertz CT molecular complexity index is 309. The Kier molecular flexibility index (Phi) is 4.62. The molecule has 0 fully saturated rings. The first-order valence-electron chi connectivity index (χ1n) is 4.60. The van der Waals surface area contributed by atoms with Crippen molar-refractivity contribution in [1.29, 1.82) is 0 Å². The van der Waals surface area contributed by atoms with Gasteiger partial charge in [0, 0.05) is 4.88 Å². The highest BCUT2D eigenvalue weighted by Crippen LogP contribution is 2.25. The van der Waals surface area contributed by atoms with Crippen LogP contribution < -0.4 is 0 Å². The maximum absolute atomic E-state index is 10.9. The van der Waals surface area contributed by atoms with Crippen LogP contribution in [0.3, 0.4) is 0 Å². The molecule has 0 radical (unpaired) electrons. The molecule has 0 saturated heterocycles. The van der Waals surface area contributed by atoms with E-state index in [1.54, 1.807) is 11.3 Å². The van der Waals surface area contributed by atoms with E-state index >= 15 is 0 Å². The number of carboxylic acid groups (broad SMARTS) is 1. The summed E-state index contributed by atoms with van der Waals surface area (Å²) in [6, 6.07) is 3.95. The number of hydrogen-bond donors (Lipinski definition) is 1. The lowest BCUT2D eigenvalue weighted by molar-refractivity contribution is -0.141. The summed E-state index contributed by atoms with van der Waals surface area (Å²) in [4.78, 5) is 12.0. The van der Waals surface area contributed by atoms with E-state index < -0.39 is 5.97 Å². The number of halogens is 1. The van der Waals surface area contributed by atoms with Gasteiger partial charge in [0.2, 0.25) is 0 Å². The largest absolute Gasteiger partial charge is 0.481 e. The monoisotopic (exact) mass is 276 g/mol. The van der Waals surface area contributed by atoms with E-state index in [4.69, 9.17) is 5.11 Å². The Balaban J connectivity index is 2.59. The highest BCUT2D eigenvalue weighted by Gasteiger charge is 2.17. The number of carboxylic acids is 1. The van der Waals surface area contributed by atoms with Gasteiger partial charge in [0.25, 0.3) is 0 Å². The van der Waals surface area contributed by atoms with Gasteiger partial charge in [-0.1, -0.05) is 13.3 Å². The van der Waals surface area contributed by atoms with Gasteiger partial charge in [0.15, 0.2) is 0 Å². The fraction of sp³-hybridized carbons (Fsp3) is 0.500. The lowest BCUT2D eigenvalue weighted by Crippen LogP contribution is -2.15. The summed E-state index contributed by atoms with van der Waals surface area (Å²) in [6.45, 7) is 2.01. The standard InChI is InChI=1S/C10H13BrO2S/c1-2-3-7(10(12)13)6-8-4-5-9(11)14-8/h4-5,7H,2-3,6H2,1H3,(H,12,13). The van der Waals surface area contributed by atoms with Crippen molar-refractivity contribution in [2.24, 2.45) is 5.92 Å². The predicted molar refractivity (Wildman–Crippen MR) is 61.8 cm³/mol. The van der Waals surface area contributed by atoms with E-state index in [2.05, 4.69) is 15.9 Å². The number of aliphatic carboxylic acids is 1. The van der Waals surface area contributed by atoms with Crippen molar-refractivity contribution in [3.63, 3.8) is 0 Å². The number of hydrogen-bond acceptors (Lipinski definition) is 2. The second-order valence-corrected chi connectivity index (χ2v) is 5.78. The summed E-state index contributed by atoms with van der Waals surface area (Å²) in [7, 11) is 0. The van der Waals surface area contributed by atoms with Crippen LogP contribution in [0.15, 0.2) is 15.9 Å². The molecule has 2 nitrogen and oxygen atoms in total. The normalized spacial score (nSPS) is 12.7. The minimum absolute atomic E-state index is 0.231. The fourth-order valence-corrected chi connectivity index (χ4v) is 2.93. The second-order valence-electron chi connectivity index (χ2n) is 3.23.